The number of hydrogen-bond donors (Lipinski definition) is 0. The van der Waals surface area contributed by atoms with E-state index in [9.17, 15) is 4.79 Å². The van der Waals surface area contributed by atoms with Crippen LogP contribution < -0.4 is 14.2 Å². The maximum absolute atomic E-state index is 13.3. The number of ether oxygens (including phenoxy) is 5. The lowest BCUT2D eigenvalue weighted by Crippen LogP contribution is -2.42. The molecular formula is C20H29NO6. The van der Waals surface area contributed by atoms with Crippen molar-refractivity contribution in [2.45, 2.75) is 37.9 Å². The fourth-order valence-electron chi connectivity index (χ4n) is 3.70. The molecule has 0 unspecified atom stereocenters. The molecule has 1 aromatic carbocycles. The van der Waals surface area contributed by atoms with Gasteiger partial charge in [-0.1, -0.05) is 0 Å². The van der Waals surface area contributed by atoms with Crippen LogP contribution in [0.2, 0.25) is 0 Å². The Balaban J connectivity index is 1.84. The molecule has 2 saturated heterocycles. The molecule has 2 aliphatic heterocycles. The van der Waals surface area contributed by atoms with Gasteiger partial charge in [-0.3, -0.25) is 4.79 Å². The number of benzene rings is 1. The average Bonchev–Trinajstić information content (AvgIpc) is 3.39. The Labute approximate surface area is 160 Å². The van der Waals surface area contributed by atoms with E-state index >= 15 is 0 Å². The fraction of sp³-hybridized carbons (Fsp3) is 0.650. The Bertz CT molecular complexity index is 594. The summed E-state index contributed by atoms with van der Waals surface area (Å²) in [5.74, 6) is 1.32. The van der Waals surface area contributed by atoms with Crippen LogP contribution in [0.3, 0.4) is 0 Å². The van der Waals surface area contributed by atoms with Crippen LogP contribution in [-0.2, 0) is 9.47 Å². The van der Waals surface area contributed by atoms with Crippen molar-refractivity contribution in [3.63, 3.8) is 0 Å². The van der Waals surface area contributed by atoms with Gasteiger partial charge in [0, 0.05) is 31.9 Å². The highest BCUT2D eigenvalue weighted by Crippen LogP contribution is 2.38. The summed E-state index contributed by atoms with van der Waals surface area (Å²) < 4.78 is 27.6. The minimum absolute atomic E-state index is 0.0809. The van der Waals surface area contributed by atoms with Gasteiger partial charge >= 0.3 is 0 Å². The quantitative estimate of drug-likeness (QED) is 0.691. The predicted molar refractivity (Wildman–Crippen MR) is 99.9 cm³/mol. The van der Waals surface area contributed by atoms with E-state index in [-0.39, 0.29) is 18.1 Å². The zero-order valence-corrected chi connectivity index (χ0v) is 16.4. The molecule has 0 saturated carbocycles. The fourth-order valence-corrected chi connectivity index (χ4v) is 3.70. The Hall–Kier alpha value is -1.99. The summed E-state index contributed by atoms with van der Waals surface area (Å²) in [6, 6.07) is 3.39. The molecule has 0 N–H and O–H groups in total. The van der Waals surface area contributed by atoms with Crippen LogP contribution in [-0.4, -0.2) is 70.6 Å². The van der Waals surface area contributed by atoms with Crippen molar-refractivity contribution in [2.24, 2.45) is 0 Å². The van der Waals surface area contributed by atoms with Crippen LogP contribution in [0.4, 0.5) is 0 Å². The summed E-state index contributed by atoms with van der Waals surface area (Å²) in [5.41, 5.74) is 0.500. The molecule has 7 heteroatoms. The molecule has 2 heterocycles. The third kappa shape index (κ3) is 4.65. The maximum atomic E-state index is 13.3. The van der Waals surface area contributed by atoms with Crippen LogP contribution in [0.25, 0.3) is 0 Å². The van der Waals surface area contributed by atoms with E-state index in [2.05, 4.69) is 0 Å². The molecule has 0 bridgehead atoms. The molecule has 0 aromatic heterocycles. The zero-order valence-electron chi connectivity index (χ0n) is 16.4. The first-order valence-electron chi connectivity index (χ1n) is 9.48. The number of amides is 1. The number of nitrogens with zero attached hydrogens (tertiary/aromatic N) is 1. The molecule has 2 aliphatic rings. The Kier molecular flexibility index (Phi) is 6.79. The third-order valence-corrected chi connectivity index (χ3v) is 5.09. The smallest absolute Gasteiger partial charge is 0.254 e. The van der Waals surface area contributed by atoms with Gasteiger partial charge < -0.3 is 28.6 Å². The van der Waals surface area contributed by atoms with E-state index in [1.807, 2.05) is 4.90 Å². The molecule has 0 radical (unpaired) electrons. The van der Waals surface area contributed by atoms with Gasteiger partial charge in [0.25, 0.3) is 5.91 Å². The van der Waals surface area contributed by atoms with Crippen molar-refractivity contribution >= 4 is 5.91 Å². The Morgan fingerprint density at radius 2 is 1.48 bits per heavy atom. The second-order valence-electron chi connectivity index (χ2n) is 6.89. The van der Waals surface area contributed by atoms with Gasteiger partial charge in [-0.25, -0.2) is 0 Å². The van der Waals surface area contributed by atoms with E-state index in [4.69, 9.17) is 23.7 Å². The highest BCUT2D eigenvalue weighted by molar-refractivity contribution is 5.95. The molecule has 0 aliphatic carbocycles. The lowest BCUT2D eigenvalue weighted by Gasteiger charge is -2.28. The zero-order chi connectivity index (χ0) is 19.2. The summed E-state index contributed by atoms with van der Waals surface area (Å²) in [6.07, 6.45) is 4.19. The van der Waals surface area contributed by atoms with Crippen molar-refractivity contribution in [1.29, 1.82) is 0 Å². The number of hydrogen-bond acceptors (Lipinski definition) is 6. The molecule has 27 heavy (non-hydrogen) atoms. The van der Waals surface area contributed by atoms with Gasteiger partial charge in [0.1, 0.15) is 0 Å². The second kappa shape index (κ2) is 9.28. The first-order chi connectivity index (χ1) is 13.2. The lowest BCUT2D eigenvalue weighted by atomic mass is 10.1. The molecule has 1 aromatic rings. The van der Waals surface area contributed by atoms with Crippen molar-refractivity contribution < 1.29 is 28.5 Å². The average molecular weight is 379 g/mol. The van der Waals surface area contributed by atoms with Gasteiger partial charge in [0.05, 0.1) is 33.5 Å². The first kappa shape index (κ1) is 19.8. The normalized spacial score (nSPS) is 21.9. The molecule has 7 nitrogen and oxygen atoms in total. The lowest BCUT2D eigenvalue weighted by molar-refractivity contribution is 0.0307. The highest BCUT2D eigenvalue weighted by atomic mass is 16.5. The summed E-state index contributed by atoms with van der Waals surface area (Å²) in [7, 11) is 4.63. The van der Waals surface area contributed by atoms with E-state index < -0.39 is 0 Å². The van der Waals surface area contributed by atoms with Crippen LogP contribution >= 0.6 is 0 Å². The third-order valence-electron chi connectivity index (χ3n) is 5.09. The largest absolute Gasteiger partial charge is 0.493 e. The summed E-state index contributed by atoms with van der Waals surface area (Å²) in [5, 5.41) is 0. The van der Waals surface area contributed by atoms with Crippen molar-refractivity contribution in [2.75, 3.05) is 47.6 Å². The summed E-state index contributed by atoms with van der Waals surface area (Å²) in [6.45, 7) is 2.65. The van der Waals surface area contributed by atoms with Crippen molar-refractivity contribution in [3.8, 4) is 17.2 Å². The van der Waals surface area contributed by atoms with E-state index in [0.29, 0.717) is 35.9 Å². The van der Waals surface area contributed by atoms with E-state index in [1.165, 1.54) is 0 Å². The topological polar surface area (TPSA) is 66.5 Å². The molecular weight excluding hydrogens is 350 g/mol. The van der Waals surface area contributed by atoms with Gasteiger partial charge in [0.2, 0.25) is 5.75 Å². The first-order valence-corrected chi connectivity index (χ1v) is 9.48. The summed E-state index contributed by atoms with van der Waals surface area (Å²) >= 11 is 0. The minimum atomic E-state index is -0.0831. The second-order valence-corrected chi connectivity index (χ2v) is 6.89. The Morgan fingerprint density at radius 1 is 0.963 bits per heavy atom. The highest BCUT2D eigenvalue weighted by Gasteiger charge is 2.28. The summed E-state index contributed by atoms with van der Waals surface area (Å²) in [4.78, 5) is 15.2. The number of rotatable bonds is 8. The van der Waals surface area contributed by atoms with Gasteiger partial charge in [-0.2, -0.15) is 0 Å². The molecule has 1 amide bonds. The predicted octanol–water partition coefficient (Wildman–Crippen LogP) is 2.51. The molecule has 0 spiro atoms. The van der Waals surface area contributed by atoms with E-state index in [0.717, 1.165) is 38.9 Å². The van der Waals surface area contributed by atoms with Crippen molar-refractivity contribution in [3.05, 3.63) is 17.7 Å². The van der Waals surface area contributed by atoms with Gasteiger partial charge in [-0.15, -0.1) is 0 Å². The van der Waals surface area contributed by atoms with Crippen LogP contribution in [0.5, 0.6) is 17.2 Å². The SMILES string of the molecule is COc1cc(C(=O)N(C[C@@H]2CCCO2)C[C@@H]2CCCO2)cc(OC)c1OC. The monoisotopic (exact) mass is 379 g/mol. The minimum Gasteiger partial charge on any atom is -0.493 e. The van der Waals surface area contributed by atoms with Crippen molar-refractivity contribution in [1.82, 2.24) is 4.90 Å². The molecule has 3 rings (SSSR count). The maximum Gasteiger partial charge on any atom is 0.254 e. The number of methoxy groups -OCH3 is 3. The number of carbonyl (C=O) groups is 1. The van der Waals surface area contributed by atoms with Gasteiger partial charge in [-0.05, 0) is 37.8 Å². The Morgan fingerprint density at radius 3 is 1.85 bits per heavy atom. The van der Waals surface area contributed by atoms with Crippen LogP contribution in [0.15, 0.2) is 12.1 Å². The molecule has 150 valence electrons. The van der Waals surface area contributed by atoms with Crippen LogP contribution in [0, 0.1) is 0 Å². The molecule has 2 atom stereocenters. The van der Waals surface area contributed by atoms with Gasteiger partial charge in [0.15, 0.2) is 11.5 Å². The van der Waals surface area contributed by atoms with E-state index in [1.54, 1.807) is 33.5 Å². The number of carbonyl (C=O) groups excluding carboxylic acids is 1. The standard InChI is InChI=1S/C20H29NO6/c1-23-17-10-14(11-18(24-2)19(17)25-3)20(22)21(12-15-6-4-8-26-15)13-16-7-5-9-27-16/h10-11,15-16H,4-9,12-13H2,1-3H3/t15-,16-/m0/s1. The molecule has 2 fully saturated rings. The van der Waals surface area contributed by atoms with Crippen LogP contribution in [0.1, 0.15) is 36.0 Å².